The Morgan fingerprint density at radius 1 is 1.15 bits per heavy atom. The maximum absolute atomic E-state index is 5.71. The van der Waals surface area contributed by atoms with E-state index in [1.807, 2.05) is 6.07 Å². The average Bonchev–Trinajstić information content (AvgIpc) is 2.37. The van der Waals surface area contributed by atoms with Gasteiger partial charge in [-0.25, -0.2) is 0 Å². The number of nitrogens with one attached hydrogen (secondary N) is 1. The molecule has 0 aromatic heterocycles. The first kappa shape index (κ1) is 17.5. The summed E-state index contributed by atoms with van der Waals surface area (Å²) in [5, 5.41) is 3.40. The van der Waals surface area contributed by atoms with E-state index in [2.05, 4.69) is 61.1 Å². The van der Waals surface area contributed by atoms with E-state index in [0.717, 1.165) is 23.4 Å². The Labute approximate surface area is 131 Å². The molecule has 0 heterocycles. The molecule has 1 N–H and O–H groups in total. The Balaban J connectivity index is 2.36. The van der Waals surface area contributed by atoms with Gasteiger partial charge in [0.25, 0.3) is 0 Å². The van der Waals surface area contributed by atoms with Crippen molar-refractivity contribution in [1.82, 2.24) is 5.32 Å². The molecule has 0 fully saturated rings. The van der Waals surface area contributed by atoms with Gasteiger partial charge in [-0.3, -0.25) is 0 Å². The second-order valence-corrected chi connectivity index (χ2v) is 6.47. The van der Waals surface area contributed by atoms with Gasteiger partial charge in [0.15, 0.2) is 0 Å². The van der Waals surface area contributed by atoms with Crippen molar-refractivity contribution in [2.24, 2.45) is 5.92 Å². The van der Waals surface area contributed by atoms with Crippen molar-refractivity contribution >= 4 is 15.9 Å². The average molecular weight is 344 g/mol. The van der Waals surface area contributed by atoms with Crippen LogP contribution >= 0.6 is 15.9 Å². The van der Waals surface area contributed by atoms with E-state index in [0.29, 0.717) is 25.2 Å². The predicted molar refractivity (Wildman–Crippen MR) is 87.3 cm³/mol. The predicted octanol–water partition coefficient (Wildman–Crippen LogP) is 4.00. The van der Waals surface area contributed by atoms with E-state index in [1.165, 1.54) is 5.56 Å². The number of hydrogen-bond acceptors (Lipinski definition) is 3. The van der Waals surface area contributed by atoms with Crippen molar-refractivity contribution in [2.45, 2.75) is 40.3 Å². The van der Waals surface area contributed by atoms with Crippen LogP contribution in [0.4, 0.5) is 0 Å². The van der Waals surface area contributed by atoms with Gasteiger partial charge >= 0.3 is 0 Å². The Hall–Kier alpha value is -0.580. The molecule has 0 aliphatic rings. The van der Waals surface area contributed by atoms with Crippen LogP contribution in [0.5, 0.6) is 5.75 Å². The van der Waals surface area contributed by atoms with Crippen molar-refractivity contribution < 1.29 is 9.47 Å². The number of benzene rings is 1. The highest BCUT2D eigenvalue weighted by atomic mass is 79.9. The summed E-state index contributed by atoms with van der Waals surface area (Å²) in [6, 6.07) is 6.68. The quantitative estimate of drug-likeness (QED) is 0.687. The molecule has 0 radical (unpaired) electrons. The molecule has 0 saturated carbocycles. The lowest BCUT2D eigenvalue weighted by Gasteiger charge is -2.12. The number of rotatable bonds is 9. The van der Waals surface area contributed by atoms with Gasteiger partial charge in [-0.15, -0.1) is 0 Å². The minimum absolute atomic E-state index is 0.489. The van der Waals surface area contributed by atoms with Gasteiger partial charge < -0.3 is 14.8 Å². The molecule has 0 bridgehead atoms. The van der Waals surface area contributed by atoms with Gasteiger partial charge in [0.2, 0.25) is 0 Å². The molecule has 0 atom stereocenters. The zero-order chi connectivity index (χ0) is 15.0. The Bertz CT molecular complexity index is 394. The van der Waals surface area contributed by atoms with Crippen LogP contribution in [-0.4, -0.2) is 25.9 Å². The molecular formula is C16H26BrNO2. The summed E-state index contributed by atoms with van der Waals surface area (Å²) in [6.45, 7) is 11.4. The zero-order valence-electron chi connectivity index (χ0n) is 12.9. The molecule has 1 aromatic rings. The van der Waals surface area contributed by atoms with Crippen molar-refractivity contribution in [1.29, 1.82) is 0 Å². The van der Waals surface area contributed by atoms with Crippen molar-refractivity contribution in [3.63, 3.8) is 0 Å². The standard InChI is InChI=1S/C16H26BrNO2/c1-12(2)11-19-7-8-20-16-6-5-14(9-15(16)17)10-18-13(3)4/h5-6,9,12-13,18H,7-8,10-11H2,1-4H3. The smallest absolute Gasteiger partial charge is 0.133 e. The summed E-state index contributed by atoms with van der Waals surface area (Å²) in [7, 11) is 0. The van der Waals surface area contributed by atoms with E-state index in [9.17, 15) is 0 Å². The zero-order valence-corrected chi connectivity index (χ0v) is 14.5. The maximum Gasteiger partial charge on any atom is 0.133 e. The molecule has 0 saturated heterocycles. The fraction of sp³-hybridized carbons (Fsp3) is 0.625. The Morgan fingerprint density at radius 2 is 1.90 bits per heavy atom. The molecule has 0 unspecified atom stereocenters. The summed E-state index contributed by atoms with van der Waals surface area (Å²) < 4.78 is 12.2. The van der Waals surface area contributed by atoms with Crippen LogP contribution in [0.15, 0.2) is 22.7 Å². The molecule has 114 valence electrons. The molecule has 1 aromatic carbocycles. The second kappa shape index (κ2) is 9.37. The van der Waals surface area contributed by atoms with Gasteiger partial charge in [0.05, 0.1) is 11.1 Å². The molecule has 1 rings (SSSR count). The van der Waals surface area contributed by atoms with E-state index in [4.69, 9.17) is 9.47 Å². The SMILES string of the molecule is CC(C)COCCOc1ccc(CNC(C)C)cc1Br. The molecule has 0 aliphatic heterocycles. The number of halogens is 1. The first-order valence-electron chi connectivity index (χ1n) is 7.21. The summed E-state index contributed by atoms with van der Waals surface area (Å²) in [5.74, 6) is 1.43. The third kappa shape index (κ3) is 7.27. The summed E-state index contributed by atoms with van der Waals surface area (Å²) in [5.41, 5.74) is 1.24. The van der Waals surface area contributed by atoms with Gasteiger partial charge in [-0.05, 0) is 39.5 Å². The molecule has 0 aliphatic carbocycles. The van der Waals surface area contributed by atoms with E-state index in [1.54, 1.807) is 0 Å². The van der Waals surface area contributed by atoms with Gasteiger partial charge in [0.1, 0.15) is 12.4 Å². The first-order valence-corrected chi connectivity index (χ1v) is 8.00. The third-order valence-corrected chi connectivity index (χ3v) is 3.27. The van der Waals surface area contributed by atoms with Gasteiger partial charge in [-0.1, -0.05) is 33.8 Å². The van der Waals surface area contributed by atoms with Crippen molar-refractivity contribution in [3.8, 4) is 5.75 Å². The highest BCUT2D eigenvalue weighted by Crippen LogP contribution is 2.26. The van der Waals surface area contributed by atoms with Crippen LogP contribution in [0.2, 0.25) is 0 Å². The lowest BCUT2D eigenvalue weighted by molar-refractivity contribution is 0.0817. The molecule has 4 heteroatoms. The summed E-state index contributed by atoms with van der Waals surface area (Å²) in [4.78, 5) is 0. The topological polar surface area (TPSA) is 30.5 Å². The Morgan fingerprint density at radius 3 is 2.50 bits per heavy atom. The lowest BCUT2D eigenvalue weighted by Crippen LogP contribution is -2.21. The van der Waals surface area contributed by atoms with Crippen molar-refractivity contribution in [2.75, 3.05) is 19.8 Å². The molecule has 3 nitrogen and oxygen atoms in total. The lowest BCUT2D eigenvalue weighted by atomic mass is 10.2. The highest BCUT2D eigenvalue weighted by Gasteiger charge is 2.03. The molecule has 0 amide bonds. The summed E-state index contributed by atoms with van der Waals surface area (Å²) in [6.07, 6.45) is 0. The third-order valence-electron chi connectivity index (χ3n) is 2.65. The number of hydrogen-bond donors (Lipinski definition) is 1. The minimum atomic E-state index is 0.489. The minimum Gasteiger partial charge on any atom is -0.490 e. The van der Waals surface area contributed by atoms with E-state index >= 15 is 0 Å². The largest absolute Gasteiger partial charge is 0.490 e. The highest BCUT2D eigenvalue weighted by molar-refractivity contribution is 9.10. The fourth-order valence-corrected chi connectivity index (χ4v) is 2.16. The van der Waals surface area contributed by atoms with Crippen LogP contribution in [0.25, 0.3) is 0 Å². The number of ether oxygens (including phenoxy) is 2. The first-order chi connectivity index (χ1) is 9.49. The van der Waals surface area contributed by atoms with Crippen LogP contribution in [-0.2, 0) is 11.3 Å². The maximum atomic E-state index is 5.71. The molecule has 0 spiro atoms. The monoisotopic (exact) mass is 343 g/mol. The Kier molecular flexibility index (Phi) is 8.19. The molecular weight excluding hydrogens is 318 g/mol. The second-order valence-electron chi connectivity index (χ2n) is 5.62. The van der Waals surface area contributed by atoms with E-state index < -0.39 is 0 Å². The van der Waals surface area contributed by atoms with Gasteiger partial charge in [-0.2, -0.15) is 0 Å². The van der Waals surface area contributed by atoms with Crippen LogP contribution in [0, 0.1) is 5.92 Å². The van der Waals surface area contributed by atoms with E-state index in [-0.39, 0.29) is 0 Å². The summed E-state index contributed by atoms with van der Waals surface area (Å²) >= 11 is 3.55. The van der Waals surface area contributed by atoms with Crippen molar-refractivity contribution in [3.05, 3.63) is 28.2 Å². The van der Waals surface area contributed by atoms with Crippen LogP contribution in [0.3, 0.4) is 0 Å². The van der Waals surface area contributed by atoms with Crippen LogP contribution in [0.1, 0.15) is 33.3 Å². The fourth-order valence-electron chi connectivity index (χ4n) is 1.62. The molecule has 20 heavy (non-hydrogen) atoms. The van der Waals surface area contributed by atoms with Gasteiger partial charge in [0, 0.05) is 19.2 Å². The van der Waals surface area contributed by atoms with Crippen LogP contribution < -0.4 is 10.1 Å². The normalized spacial score (nSPS) is 11.3.